The number of hydrogen-bond donors (Lipinski definition) is 2. The topological polar surface area (TPSA) is 83.3 Å². The van der Waals surface area contributed by atoms with E-state index >= 15 is 0 Å². The SMILES string of the molecule is Cc1cccc(N2C(=O)NC(=O)[C@H](C=NCC[NH+](C)C)C2=O)c1. The molecule has 0 saturated carbocycles. The van der Waals surface area contributed by atoms with Gasteiger partial charge < -0.3 is 4.90 Å². The molecule has 7 heteroatoms. The molecular weight excluding hydrogens is 296 g/mol. The molecule has 7 nitrogen and oxygen atoms in total. The van der Waals surface area contributed by atoms with Crippen molar-refractivity contribution in [1.82, 2.24) is 5.32 Å². The number of rotatable bonds is 5. The first-order chi connectivity index (χ1) is 10.9. The average Bonchev–Trinajstić information content (AvgIpc) is 2.45. The molecule has 1 fully saturated rings. The molecule has 0 aliphatic carbocycles. The lowest BCUT2D eigenvalue weighted by Crippen LogP contribution is -3.06. The van der Waals surface area contributed by atoms with E-state index in [1.165, 1.54) is 11.1 Å². The van der Waals surface area contributed by atoms with Crippen LogP contribution in [0.4, 0.5) is 10.5 Å². The van der Waals surface area contributed by atoms with Crippen molar-refractivity contribution in [2.75, 3.05) is 32.1 Å². The maximum atomic E-state index is 12.5. The summed E-state index contributed by atoms with van der Waals surface area (Å²) < 4.78 is 0. The third-order valence-corrected chi connectivity index (χ3v) is 3.46. The second-order valence-electron chi connectivity index (χ2n) is 5.80. The summed E-state index contributed by atoms with van der Waals surface area (Å²) in [5.74, 6) is -2.29. The monoisotopic (exact) mass is 317 g/mol. The quantitative estimate of drug-likeness (QED) is 0.562. The van der Waals surface area contributed by atoms with Gasteiger partial charge in [0.1, 0.15) is 0 Å². The Bertz CT molecular complexity index is 654. The number of likely N-dealkylation sites (N-methyl/N-ethyl adjacent to an activating group) is 1. The second kappa shape index (κ2) is 7.15. The van der Waals surface area contributed by atoms with Crippen molar-refractivity contribution in [3.05, 3.63) is 29.8 Å². The second-order valence-corrected chi connectivity index (χ2v) is 5.80. The fraction of sp³-hybridized carbons (Fsp3) is 0.375. The Balaban J connectivity index is 2.20. The molecule has 0 spiro atoms. The van der Waals surface area contributed by atoms with Gasteiger partial charge in [-0.3, -0.25) is 19.9 Å². The largest absolute Gasteiger partial charge is 0.338 e. The first-order valence-corrected chi connectivity index (χ1v) is 7.44. The van der Waals surface area contributed by atoms with E-state index in [1.54, 1.807) is 18.2 Å². The molecule has 122 valence electrons. The Morgan fingerprint density at radius 2 is 2.04 bits per heavy atom. The highest BCUT2D eigenvalue weighted by Gasteiger charge is 2.40. The number of carbonyl (C=O) groups is 3. The smallest absolute Gasteiger partial charge is 0.335 e. The molecule has 0 radical (unpaired) electrons. The van der Waals surface area contributed by atoms with E-state index in [0.717, 1.165) is 17.0 Å². The van der Waals surface area contributed by atoms with Crippen molar-refractivity contribution in [1.29, 1.82) is 0 Å². The van der Waals surface area contributed by atoms with E-state index in [9.17, 15) is 14.4 Å². The first-order valence-electron chi connectivity index (χ1n) is 7.44. The summed E-state index contributed by atoms with van der Waals surface area (Å²) in [5, 5.41) is 2.21. The molecule has 1 aliphatic rings. The molecule has 0 unspecified atom stereocenters. The van der Waals surface area contributed by atoms with E-state index in [2.05, 4.69) is 10.3 Å². The molecule has 4 amide bonds. The molecular formula is C16H21N4O3+. The van der Waals surface area contributed by atoms with Gasteiger partial charge in [0, 0.05) is 6.21 Å². The summed E-state index contributed by atoms with van der Waals surface area (Å²) in [6, 6.07) is 6.27. The molecule has 23 heavy (non-hydrogen) atoms. The van der Waals surface area contributed by atoms with Gasteiger partial charge in [-0.2, -0.15) is 0 Å². The van der Waals surface area contributed by atoms with E-state index in [1.807, 2.05) is 27.1 Å². The lowest BCUT2D eigenvalue weighted by Gasteiger charge is -2.28. The molecule has 0 bridgehead atoms. The number of nitrogens with one attached hydrogen (secondary N) is 2. The van der Waals surface area contributed by atoms with Crippen molar-refractivity contribution in [3.63, 3.8) is 0 Å². The maximum absolute atomic E-state index is 12.5. The Hall–Kier alpha value is -2.54. The number of nitrogens with zero attached hydrogens (tertiary/aromatic N) is 2. The molecule has 1 aromatic carbocycles. The Kier molecular flexibility index (Phi) is 5.23. The standard InChI is InChI=1S/C16H20N4O3/c1-11-5-4-6-12(9-11)20-15(22)13(14(21)18-16(20)23)10-17-7-8-19(2)3/h4-6,9-10,13H,7-8H2,1-3H3,(H,18,21,23)/p+1/t13-/m0/s1. The van der Waals surface area contributed by atoms with Gasteiger partial charge >= 0.3 is 6.03 Å². The number of aryl methyl sites for hydroxylation is 1. The molecule has 0 aromatic heterocycles. The average molecular weight is 317 g/mol. The summed E-state index contributed by atoms with van der Waals surface area (Å²) in [6.07, 6.45) is 1.33. The van der Waals surface area contributed by atoms with Crippen molar-refractivity contribution in [2.45, 2.75) is 6.92 Å². The lowest BCUT2D eigenvalue weighted by molar-refractivity contribution is -0.856. The highest BCUT2D eigenvalue weighted by Crippen LogP contribution is 2.21. The van der Waals surface area contributed by atoms with Crippen LogP contribution in [0.15, 0.2) is 29.3 Å². The Morgan fingerprint density at radius 3 is 2.70 bits per heavy atom. The number of aliphatic imine (C=N–C) groups is 1. The summed E-state index contributed by atoms with van der Waals surface area (Å²) in [6.45, 7) is 3.17. The minimum absolute atomic E-state index is 0.441. The van der Waals surface area contributed by atoms with Gasteiger partial charge in [0.2, 0.25) is 5.91 Å². The zero-order chi connectivity index (χ0) is 17.0. The van der Waals surface area contributed by atoms with Gasteiger partial charge in [0.25, 0.3) is 5.91 Å². The maximum Gasteiger partial charge on any atom is 0.335 e. The van der Waals surface area contributed by atoms with Crippen LogP contribution in [-0.2, 0) is 9.59 Å². The van der Waals surface area contributed by atoms with Gasteiger partial charge in [-0.05, 0) is 24.6 Å². The number of urea groups is 1. The highest BCUT2D eigenvalue weighted by atomic mass is 16.2. The predicted octanol–water partition coefficient (Wildman–Crippen LogP) is -0.591. The van der Waals surface area contributed by atoms with Crippen LogP contribution in [0.2, 0.25) is 0 Å². The van der Waals surface area contributed by atoms with E-state index in [4.69, 9.17) is 0 Å². The third-order valence-electron chi connectivity index (χ3n) is 3.46. The number of hydrogen-bond acceptors (Lipinski definition) is 4. The lowest BCUT2D eigenvalue weighted by atomic mass is 10.1. The Morgan fingerprint density at radius 1 is 1.30 bits per heavy atom. The predicted molar refractivity (Wildman–Crippen MR) is 86.7 cm³/mol. The van der Waals surface area contributed by atoms with Crippen LogP contribution in [0, 0.1) is 12.8 Å². The zero-order valence-electron chi connectivity index (χ0n) is 13.5. The Labute approximate surface area is 135 Å². The molecule has 2 rings (SSSR count). The van der Waals surface area contributed by atoms with Crippen molar-refractivity contribution < 1.29 is 19.3 Å². The van der Waals surface area contributed by atoms with Crippen LogP contribution in [0.3, 0.4) is 0 Å². The molecule has 1 atom stereocenters. The minimum atomic E-state index is -1.08. The van der Waals surface area contributed by atoms with Gasteiger partial charge in [-0.15, -0.1) is 0 Å². The van der Waals surface area contributed by atoms with Crippen LogP contribution in [-0.4, -0.2) is 51.2 Å². The molecule has 2 N–H and O–H groups in total. The van der Waals surface area contributed by atoms with Crippen LogP contribution in [0.1, 0.15) is 5.56 Å². The summed E-state index contributed by atoms with van der Waals surface area (Å²) in [7, 11) is 3.98. The van der Waals surface area contributed by atoms with Crippen molar-refractivity contribution >= 4 is 29.7 Å². The number of imide groups is 2. The fourth-order valence-corrected chi connectivity index (χ4v) is 2.20. The third kappa shape index (κ3) is 4.01. The number of amides is 4. The number of barbiturate groups is 1. The van der Waals surface area contributed by atoms with E-state index in [0.29, 0.717) is 12.2 Å². The van der Waals surface area contributed by atoms with E-state index in [-0.39, 0.29) is 0 Å². The summed E-state index contributed by atoms with van der Waals surface area (Å²) >= 11 is 0. The van der Waals surface area contributed by atoms with Gasteiger partial charge in [-0.1, -0.05) is 12.1 Å². The molecule has 1 aliphatic heterocycles. The van der Waals surface area contributed by atoms with Crippen LogP contribution in [0.25, 0.3) is 0 Å². The molecule has 1 heterocycles. The number of carbonyl (C=O) groups excluding carboxylic acids is 3. The van der Waals surface area contributed by atoms with Crippen LogP contribution < -0.4 is 15.1 Å². The van der Waals surface area contributed by atoms with Gasteiger partial charge in [0.15, 0.2) is 5.92 Å². The fourth-order valence-electron chi connectivity index (χ4n) is 2.20. The molecule has 1 aromatic rings. The van der Waals surface area contributed by atoms with Crippen molar-refractivity contribution in [2.24, 2.45) is 10.9 Å². The highest BCUT2D eigenvalue weighted by molar-refractivity contribution is 6.32. The summed E-state index contributed by atoms with van der Waals surface area (Å²) in [4.78, 5) is 42.8. The van der Waals surface area contributed by atoms with Crippen LogP contribution >= 0.6 is 0 Å². The van der Waals surface area contributed by atoms with Gasteiger partial charge in [-0.25, -0.2) is 9.69 Å². The van der Waals surface area contributed by atoms with E-state index < -0.39 is 23.8 Å². The van der Waals surface area contributed by atoms with Crippen molar-refractivity contribution in [3.8, 4) is 0 Å². The van der Waals surface area contributed by atoms with Gasteiger partial charge in [0.05, 0.1) is 32.9 Å². The minimum Gasteiger partial charge on any atom is -0.338 e. The first kappa shape index (κ1) is 16.8. The number of benzene rings is 1. The normalized spacial score (nSPS) is 18.9. The number of anilines is 1. The van der Waals surface area contributed by atoms with Crippen LogP contribution in [0.5, 0.6) is 0 Å². The summed E-state index contributed by atoms with van der Waals surface area (Å²) in [5.41, 5.74) is 1.36. The zero-order valence-corrected chi connectivity index (χ0v) is 13.5. The molecule has 1 saturated heterocycles. The number of quaternary nitrogens is 1.